The van der Waals surface area contributed by atoms with Crippen LogP contribution in [0.15, 0.2) is 12.4 Å². The zero-order valence-electron chi connectivity index (χ0n) is 10.2. The van der Waals surface area contributed by atoms with Gasteiger partial charge in [-0.2, -0.15) is 0 Å². The van der Waals surface area contributed by atoms with Crippen molar-refractivity contribution in [1.29, 1.82) is 0 Å². The van der Waals surface area contributed by atoms with Crippen molar-refractivity contribution in [2.75, 3.05) is 24.7 Å². The monoisotopic (exact) mass is 237 g/mol. The molecule has 0 unspecified atom stereocenters. The van der Waals surface area contributed by atoms with Crippen LogP contribution in [0.5, 0.6) is 5.88 Å². The number of hydrogen-bond donors (Lipinski definition) is 1. The van der Waals surface area contributed by atoms with Crippen LogP contribution in [0, 0.1) is 0 Å². The molecular formula is C12H19N3O2. The molecule has 5 nitrogen and oxygen atoms in total. The highest BCUT2D eigenvalue weighted by atomic mass is 16.5. The predicted molar refractivity (Wildman–Crippen MR) is 65.3 cm³/mol. The number of piperidine rings is 1. The summed E-state index contributed by atoms with van der Waals surface area (Å²) >= 11 is 0. The highest BCUT2D eigenvalue weighted by molar-refractivity contribution is 5.42. The van der Waals surface area contributed by atoms with E-state index in [1.54, 1.807) is 0 Å². The average molecular weight is 237 g/mol. The zero-order valence-corrected chi connectivity index (χ0v) is 10.2. The van der Waals surface area contributed by atoms with E-state index in [1.165, 1.54) is 12.7 Å². The summed E-state index contributed by atoms with van der Waals surface area (Å²) in [4.78, 5) is 10.5. The van der Waals surface area contributed by atoms with Gasteiger partial charge in [-0.15, -0.1) is 0 Å². The van der Waals surface area contributed by atoms with Gasteiger partial charge in [0.1, 0.15) is 12.1 Å². The second-order valence-corrected chi connectivity index (χ2v) is 4.17. The minimum absolute atomic E-state index is 0.174. The Balaban J connectivity index is 2.16. The first-order valence-electron chi connectivity index (χ1n) is 6.17. The Hall–Kier alpha value is -1.36. The summed E-state index contributed by atoms with van der Waals surface area (Å²) in [7, 11) is 0. The Kier molecular flexibility index (Phi) is 4.14. The summed E-state index contributed by atoms with van der Waals surface area (Å²) < 4.78 is 5.37. The molecule has 2 rings (SSSR count). The quantitative estimate of drug-likeness (QED) is 0.853. The number of aliphatic hydroxyl groups is 1. The minimum Gasteiger partial charge on any atom is -0.478 e. The zero-order chi connectivity index (χ0) is 12.1. The third-order valence-corrected chi connectivity index (χ3v) is 3.05. The van der Waals surface area contributed by atoms with Gasteiger partial charge < -0.3 is 14.7 Å². The maximum Gasteiger partial charge on any atom is 0.218 e. The number of nitrogens with zero attached hydrogens (tertiary/aromatic N) is 3. The molecule has 1 aromatic heterocycles. The fourth-order valence-electron chi connectivity index (χ4n) is 2.21. The molecule has 1 N–H and O–H groups in total. The van der Waals surface area contributed by atoms with Gasteiger partial charge in [-0.05, 0) is 26.2 Å². The van der Waals surface area contributed by atoms with Gasteiger partial charge >= 0.3 is 0 Å². The molecule has 0 bridgehead atoms. The van der Waals surface area contributed by atoms with Gasteiger partial charge in [-0.25, -0.2) is 9.97 Å². The van der Waals surface area contributed by atoms with Gasteiger partial charge in [-0.1, -0.05) is 0 Å². The number of rotatable bonds is 4. The molecule has 0 radical (unpaired) electrons. The third-order valence-electron chi connectivity index (χ3n) is 3.05. The van der Waals surface area contributed by atoms with E-state index < -0.39 is 0 Å². The first-order valence-corrected chi connectivity index (χ1v) is 6.17. The lowest BCUT2D eigenvalue weighted by Crippen LogP contribution is -2.42. The van der Waals surface area contributed by atoms with Crippen molar-refractivity contribution in [3.05, 3.63) is 12.4 Å². The van der Waals surface area contributed by atoms with Gasteiger partial charge in [0, 0.05) is 12.6 Å². The largest absolute Gasteiger partial charge is 0.478 e. The fourth-order valence-corrected chi connectivity index (χ4v) is 2.21. The normalized spacial score (nSPS) is 20.4. The molecule has 1 atom stereocenters. The van der Waals surface area contributed by atoms with Crippen LogP contribution in [-0.4, -0.2) is 40.9 Å². The van der Waals surface area contributed by atoms with Crippen molar-refractivity contribution < 1.29 is 9.84 Å². The van der Waals surface area contributed by atoms with Crippen LogP contribution >= 0.6 is 0 Å². The first kappa shape index (κ1) is 12.1. The molecule has 94 valence electrons. The maximum absolute atomic E-state index is 9.38. The molecule has 5 heteroatoms. The number of ether oxygens (including phenoxy) is 1. The molecule has 0 saturated carbocycles. The fraction of sp³-hybridized carbons (Fsp3) is 0.667. The van der Waals surface area contributed by atoms with E-state index >= 15 is 0 Å². The van der Waals surface area contributed by atoms with E-state index in [0.717, 1.165) is 25.2 Å². The summed E-state index contributed by atoms with van der Waals surface area (Å²) in [5.74, 6) is 1.45. The molecule has 1 aliphatic rings. The second kappa shape index (κ2) is 5.82. The molecule has 17 heavy (non-hydrogen) atoms. The molecule has 2 heterocycles. The lowest BCUT2D eigenvalue weighted by atomic mass is 10.0. The maximum atomic E-state index is 9.38. The Bertz CT molecular complexity index is 359. The van der Waals surface area contributed by atoms with Gasteiger partial charge in [0.2, 0.25) is 5.88 Å². The van der Waals surface area contributed by atoms with Crippen LogP contribution in [-0.2, 0) is 0 Å². The molecule has 0 spiro atoms. The minimum atomic E-state index is 0.174. The first-order chi connectivity index (χ1) is 8.35. The van der Waals surface area contributed by atoms with Gasteiger partial charge in [-0.3, -0.25) is 0 Å². The van der Waals surface area contributed by atoms with Crippen LogP contribution in [0.2, 0.25) is 0 Å². The van der Waals surface area contributed by atoms with Gasteiger partial charge in [0.25, 0.3) is 0 Å². The van der Waals surface area contributed by atoms with Gasteiger partial charge in [0.15, 0.2) is 0 Å². The molecule has 1 aliphatic heterocycles. The molecule has 1 saturated heterocycles. The molecule has 0 aliphatic carbocycles. The topological polar surface area (TPSA) is 58.5 Å². The van der Waals surface area contributed by atoms with E-state index in [-0.39, 0.29) is 12.6 Å². The van der Waals surface area contributed by atoms with Crippen molar-refractivity contribution >= 4 is 5.82 Å². The van der Waals surface area contributed by atoms with Gasteiger partial charge in [0.05, 0.1) is 19.3 Å². The Morgan fingerprint density at radius 1 is 1.47 bits per heavy atom. The van der Waals surface area contributed by atoms with E-state index in [2.05, 4.69) is 14.9 Å². The highest BCUT2D eigenvalue weighted by Crippen LogP contribution is 2.24. The molecule has 1 aromatic rings. The average Bonchev–Trinajstić information content (AvgIpc) is 2.39. The van der Waals surface area contributed by atoms with Crippen molar-refractivity contribution in [3.8, 4) is 5.88 Å². The second-order valence-electron chi connectivity index (χ2n) is 4.17. The summed E-state index contributed by atoms with van der Waals surface area (Å²) in [5, 5.41) is 9.38. The van der Waals surface area contributed by atoms with E-state index in [4.69, 9.17) is 4.74 Å². The van der Waals surface area contributed by atoms with Crippen LogP contribution in [0.1, 0.15) is 26.2 Å². The summed E-state index contributed by atoms with van der Waals surface area (Å²) in [6.45, 7) is 3.64. The van der Waals surface area contributed by atoms with Crippen molar-refractivity contribution in [2.45, 2.75) is 32.2 Å². The third kappa shape index (κ3) is 2.85. The van der Waals surface area contributed by atoms with Crippen LogP contribution in [0.4, 0.5) is 5.82 Å². The number of hydrogen-bond acceptors (Lipinski definition) is 5. The van der Waals surface area contributed by atoms with E-state index in [9.17, 15) is 5.11 Å². The van der Waals surface area contributed by atoms with E-state index in [0.29, 0.717) is 12.5 Å². The van der Waals surface area contributed by atoms with Crippen molar-refractivity contribution in [3.63, 3.8) is 0 Å². The number of aromatic nitrogens is 2. The van der Waals surface area contributed by atoms with Crippen molar-refractivity contribution in [1.82, 2.24) is 9.97 Å². The molecular weight excluding hydrogens is 218 g/mol. The number of aliphatic hydroxyl groups excluding tert-OH is 1. The number of anilines is 1. The lowest BCUT2D eigenvalue weighted by Gasteiger charge is -2.35. The smallest absolute Gasteiger partial charge is 0.218 e. The Labute approximate surface area is 101 Å². The van der Waals surface area contributed by atoms with Crippen LogP contribution < -0.4 is 9.64 Å². The molecule has 0 aromatic carbocycles. The SMILES string of the molecule is CCOc1cc(N2CCCC[C@H]2CO)ncn1. The Morgan fingerprint density at radius 2 is 2.35 bits per heavy atom. The summed E-state index contributed by atoms with van der Waals surface area (Å²) in [6, 6.07) is 2.02. The van der Waals surface area contributed by atoms with Crippen LogP contribution in [0.25, 0.3) is 0 Å². The summed E-state index contributed by atoms with van der Waals surface area (Å²) in [6.07, 6.45) is 4.85. The van der Waals surface area contributed by atoms with Crippen molar-refractivity contribution in [2.24, 2.45) is 0 Å². The standard InChI is InChI=1S/C12H19N3O2/c1-2-17-12-7-11(13-9-14-12)15-6-4-3-5-10(15)8-16/h7,9-10,16H,2-6,8H2,1H3/t10-/m0/s1. The molecule has 1 fully saturated rings. The predicted octanol–water partition coefficient (Wildman–Crippen LogP) is 1.23. The molecule has 0 amide bonds. The highest BCUT2D eigenvalue weighted by Gasteiger charge is 2.23. The Morgan fingerprint density at radius 3 is 3.12 bits per heavy atom. The van der Waals surface area contributed by atoms with Crippen LogP contribution in [0.3, 0.4) is 0 Å². The van der Waals surface area contributed by atoms with E-state index in [1.807, 2.05) is 13.0 Å². The summed E-state index contributed by atoms with van der Waals surface area (Å²) in [5.41, 5.74) is 0. The lowest BCUT2D eigenvalue weighted by molar-refractivity contribution is 0.239.